The number of fused-ring (bicyclic) bond motifs is 1. The summed E-state index contributed by atoms with van der Waals surface area (Å²) in [6.07, 6.45) is 0. The van der Waals surface area contributed by atoms with Gasteiger partial charge in [-0.3, -0.25) is 9.89 Å². The monoisotopic (exact) mass is 424 g/mol. The van der Waals surface area contributed by atoms with Crippen molar-refractivity contribution >= 4 is 17.3 Å². The van der Waals surface area contributed by atoms with E-state index in [4.69, 9.17) is 10.5 Å². The number of hydrogen-bond acceptors (Lipinski definition) is 5. The van der Waals surface area contributed by atoms with Gasteiger partial charge in [0.15, 0.2) is 11.2 Å². The number of carbonyl (C=O) groups is 1. The van der Waals surface area contributed by atoms with E-state index in [9.17, 15) is 18.4 Å². The fourth-order valence-corrected chi connectivity index (χ4v) is 3.44. The maximum absolute atomic E-state index is 14.5. The molecule has 4 aromatic rings. The fraction of sp³-hybridized carbons (Fsp3) is 0.136. The third-order valence-electron chi connectivity index (χ3n) is 4.83. The minimum absolute atomic E-state index is 0.0664. The average Bonchev–Trinajstić information content (AvgIpc) is 3.05. The van der Waals surface area contributed by atoms with E-state index in [2.05, 4.69) is 10.1 Å². The van der Waals surface area contributed by atoms with Crippen molar-refractivity contribution in [3.63, 3.8) is 0 Å². The maximum atomic E-state index is 14.5. The number of esters is 1. The number of H-pyrrole nitrogens is 1. The number of nitrogens with two attached hydrogens (primary N) is 1. The van der Waals surface area contributed by atoms with Crippen molar-refractivity contribution in [1.82, 2.24) is 14.6 Å². The molecule has 2 heterocycles. The van der Waals surface area contributed by atoms with Crippen molar-refractivity contribution in [2.75, 3.05) is 12.3 Å². The maximum Gasteiger partial charge on any atom is 0.346 e. The summed E-state index contributed by atoms with van der Waals surface area (Å²) >= 11 is 0. The predicted molar refractivity (Wildman–Crippen MR) is 112 cm³/mol. The van der Waals surface area contributed by atoms with Crippen LogP contribution in [0.15, 0.2) is 47.3 Å². The van der Waals surface area contributed by atoms with Crippen molar-refractivity contribution in [2.24, 2.45) is 0 Å². The van der Waals surface area contributed by atoms with Gasteiger partial charge in [0.2, 0.25) is 0 Å². The van der Waals surface area contributed by atoms with Gasteiger partial charge < -0.3 is 10.5 Å². The van der Waals surface area contributed by atoms with E-state index in [0.717, 1.165) is 16.6 Å². The van der Waals surface area contributed by atoms with Crippen LogP contribution in [0.2, 0.25) is 0 Å². The molecule has 31 heavy (non-hydrogen) atoms. The zero-order valence-electron chi connectivity index (χ0n) is 16.7. The molecule has 158 valence electrons. The summed E-state index contributed by atoms with van der Waals surface area (Å²) < 4.78 is 34.1. The van der Waals surface area contributed by atoms with Gasteiger partial charge >= 0.3 is 5.97 Å². The van der Waals surface area contributed by atoms with Gasteiger partial charge in [0, 0.05) is 34.1 Å². The molecule has 9 heteroatoms. The molecule has 4 rings (SSSR count). The number of nitrogen functional groups attached to an aromatic ring is 1. The third kappa shape index (κ3) is 3.43. The quantitative estimate of drug-likeness (QED) is 0.384. The Morgan fingerprint density at radius 2 is 1.90 bits per heavy atom. The molecular formula is C22H18F2N4O3. The van der Waals surface area contributed by atoms with Crippen LogP contribution in [-0.4, -0.2) is 27.2 Å². The molecule has 0 radical (unpaired) electrons. The molecule has 0 aliphatic carbocycles. The Morgan fingerprint density at radius 1 is 1.19 bits per heavy atom. The standard InChI is InChI=1S/C22H18F2N4O3/c1-3-31-22(30)18-19(12-4-7-14(25)8-5-12)26-20-17(11(2)27-28(20)21(18)29)15-9-6-13(23)10-16(15)24/h4-10,27H,3,25H2,1-2H3. The molecule has 0 amide bonds. The number of ether oxygens (including phenoxy) is 1. The van der Waals surface area contributed by atoms with Crippen molar-refractivity contribution in [2.45, 2.75) is 13.8 Å². The van der Waals surface area contributed by atoms with Gasteiger partial charge in [0.25, 0.3) is 5.56 Å². The highest BCUT2D eigenvalue weighted by molar-refractivity contribution is 5.97. The second kappa shape index (κ2) is 7.67. The Hall–Kier alpha value is -4.01. The largest absolute Gasteiger partial charge is 0.462 e. The molecule has 0 unspecified atom stereocenters. The van der Waals surface area contributed by atoms with E-state index in [0.29, 0.717) is 16.9 Å². The van der Waals surface area contributed by atoms with Gasteiger partial charge in [-0.1, -0.05) is 12.1 Å². The highest BCUT2D eigenvalue weighted by Gasteiger charge is 2.26. The van der Waals surface area contributed by atoms with Crippen molar-refractivity contribution in [1.29, 1.82) is 0 Å². The van der Waals surface area contributed by atoms with Crippen LogP contribution < -0.4 is 11.3 Å². The van der Waals surface area contributed by atoms with E-state index < -0.39 is 23.2 Å². The number of rotatable bonds is 4. The summed E-state index contributed by atoms with van der Waals surface area (Å²) in [5, 5.41) is 2.81. The minimum atomic E-state index is -0.831. The number of hydrogen-bond donors (Lipinski definition) is 2. The molecule has 2 aromatic heterocycles. The first-order chi connectivity index (χ1) is 14.8. The molecule has 7 nitrogen and oxygen atoms in total. The van der Waals surface area contributed by atoms with Gasteiger partial charge in [-0.15, -0.1) is 0 Å². The lowest BCUT2D eigenvalue weighted by Crippen LogP contribution is -2.26. The first-order valence-electron chi connectivity index (χ1n) is 9.45. The number of benzene rings is 2. The number of nitrogens with one attached hydrogen (secondary N) is 1. The number of aromatic nitrogens is 3. The number of aromatic amines is 1. The van der Waals surface area contributed by atoms with E-state index in [1.54, 1.807) is 38.1 Å². The average molecular weight is 424 g/mol. The van der Waals surface area contributed by atoms with Crippen LogP contribution in [0.5, 0.6) is 0 Å². The molecule has 0 atom stereocenters. The highest BCUT2D eigenvalue weighted by atomic mass is 19.1. The number of carbonyl (C=O) groups excluding carboxylic acids is 1. The predicted octanol–water partition coefficient (Wildman–Crippen LogP) is 3.70. The lowest BCUT2D eigenvalue weighted by Gasteiger charge is -2.10. The second-order valence-corrected chi connectivity index (χ2v) is 6.88. The molecule has 0 aliphatic rings. The van der Waals surface area contributed by atoms with E-state index in [-0.39, 0.29) is 34.6 Å². The van der Waals surface area contributed by atoms with Crippen LogP contribution in [0.3, 0.4) is 0 Å². The Kier molecular flexibility index (Phi) is 5.02. The Bertz CT molecular complexity index is 1370. The van der Waals surface area contributed by atoms with Crippen LogP contribution in [0.25, 0.3) is 28.0 Å². The molecule has 0 aliphatic heterocycles. The van der Waals surface area contributed by atoms with Crippen molar-refractivity contribution in [3.8, 4) is 22.4 Å². The fourth-order valence-electron chi connectivity index (χ4n) is 3.44. The van der Waals surface area contributed by atoms with Gasteiger partial charge in [-0.25, -0.2) is 23.1 Å². The summed E-state index contributed by atoms with van der Waals surface area (Å²) in [5.74, 6) is -2.36. The van der Waals surface area contributed by atoms with Gasteiger partial charge in [-0.05, 0) is 38.1 Å². The van der Waals surface area contributed by atoms with Crippen LogP contribution in [0, 0.1) is 18.6 Å². The zero-order valence-corrected chi connectivity index (χ0v) is 16.7. The first-order valence-corrected chi connectivity index (χ1v) is 9.45. The van der Waals surface area contributed by atoms with Crippen LogP contribution in [-0.2, 0) is 4.74 Å². The number of aryl methyl sites for hydroxylation is 1. The van der Waals surface area contributed by atoms with Crippen LogP contribution in [0.4, 0.5) is 14.5 Å². The molecule has 0 saturated carbocycles. The normalized spacial score (nSPS) is 11.1. The summed E-state index contributed by atoms with van der Waals surface area (Å²) in [5.41, 5.74) is 6.66. The number of anilines is 1. The molecule has 0 spiro atoms. The Labute approximate surface area is 175 Å². The number of halogens is 2. The van der Waals surface area contributed by atoms with Gasteiger partial charge in [0.1, 0.15) is 11.6 Å². The topological polar surface area (TPSA) is 102 Å². The molecule has 0 bridgehead atoms. The summed E-state index contributed by atoms with van der Waals surface area (Å²) in [7, 11) is 0. The van der Waals surface area contributed by atoms with E-state index >= 15 is 0 Å². The summed E-state index contributed by atoms with van der Waals surface area (Å²) in [6.45, 7) is 3.32. The van der Waals surface area contributed by atoms with E-state index in [1.807, 2.05) is 0 Å². The molecule has 3 N–H and O–H groups in total. The smallest absolute Gasteiger partial charge is 0.346 e. The highest BCUT2D eigenvalue weighted by Crippen LogP contribution is 2.31. The Balaban J connectivity index is 2.09. The van der Waals surface area contributed by atoms with Crippen LogP contribution in [0.1, 0.15) is 23.0 Å². The van der Waals surface area contributed by atoms with Crippen molar-refractivity contribution < 1.29 is 18.3 Å². The third-order valence-corrected chi connectivity index (χ3v) is 4.83. The molecule has 0 saturated heterocycles. The van der Waals surface area contributed by atoms with E-state index in [1.165, 1.54) is 6.07 Å². The van der Waals surface area contributed by atoms with Crippen LogP contribution >= 0.6 is 0 Å². The SMILES string of the molecule is CCOC(=O)c1c(-c2ccc(N)cc2)nc2c(-c3ccc(F)cc3F)c(C)[nH]n2c1=O. The van der Waals surface area contributed by atoms with Gasteiger partial charge in [-0.2, -0.15) is 0 Å². The second-order valence-electron chi connectivity index (χ2n) is 6.88. The zero-order chi connectivity index (χ0) is 22.3. The summed E-state index contributed by atoms with van der Waals surface area (Å²) in [4.78, 5) is 30.4. The van der Waals surface area contributed by atoms with Crippen molar-refractivity contribution in [3.05, 3.63) is 75.7 Å². The molecule has 2 aromatic carbocycles. The van der Waals surface area contributed by atoms with Gasteiger partial charge in [0.05, 0.1) is 12.3 Å². The lowest BCUT2D eigenvalue weighted by atomic mass is 10.0. The molecule has 0 fully saturated rings. The summed E-state index contributed by atoms with van der Waals surface area (Å²) in [6, 6.07) is 9.60. The first kappa shape index (κ1) is 20.3. The minimum Gasteiger partial charge on any atom is -0.462 e. The lowest BCUT2D eigenvalue weighted by molar-refractivity contribution is 0.0524. The number of nitrogens with zero attached hydrogens (tertiary/aromatic N) is 2. The molecular weight excluding hydrogens is 406 g/mol. The Morgan fingerprint density at radius 3 is 2.55 bits per heavy atom.